The van der Waals surface area contributed by atoms with Crippen LogP contribution in [0.4, 0.5) is 0 Å². The zero-order valence-corrected chi connectivity index (χ0v) is 11.6. The monoisotopic (exact) mass is 264 g/mol. The van der Waals surface area contributed by atoms with Crippen molar-refractivity contribution in [3.8, 4) is 0 Å². The van der Waals surface area contributed by atoms with Gasteiger partial charge in [0.2, 0.25) is 0 Å². The number of ether oxygens (including phenoxy) is 2. The fourth-order valence-electron chi connectivity index (χ4n) is 2.46. The van der Waals surface area contributed by atoms with Crippen molar-refractivity contribution in [3.63, 3.8) is 0 Å². The molecule has 0 bridgehead atoms. The topological polar surface area (TPSA) is 52.6 Å². The highest BCUT2D eigenvalue weighted by molar-refractivity contribution is 6.36. The Balaban J connectivity index is 1.90. The number of fused-ring (bicyclic) bond motifs is 1. The molecule has 1 fully saturated rings. The minimum absolute atomic E-state index is 0.0430. The van der Waals surface area contributed by atoms with Gasteiger partial charge in [-0.05, 0) is 32.3 Å². The summed E-state index contributed by atoms with van der Waals surface area (Å²) in [6.45, 7) is 5.11. The summed E-state index contributed by atoms with van der Waals surface area (Å²) >= 11 is 0. The van der Waals surface area contributed by atoms with E-state index in [0.29, 0.717) is 12.8 Å². The number of hydrogen-bond donors (Lipinski definition) is 0. The highest BCUT2D eigenvalue weighted by Gasteiger charge is 2.42. The van der Waals surface area contributed by atoms with E-state index in [0.717, 1.165) is 12.0 Å². The Kier molecular flexibility index (Phi) is 4.02. The maximum Gasteiger partial charge on any atom is 0.198 e. The maximum absolute atomic E-state index is 11.3. The zero-order chi connectivity index (χ0) is 14.0. The molecule has 1 saturated heterocycles. The van der Waals surface area contributed by atoms with E-state index in [1.54, 1.807) is 0 Å². The van der Waals surface area contributed by atoms with Crippen LogP contribution in [-0.4, -0.2) is 29.6 Å². The molecule has 0 spiro atoms. The van der Waals surface area contributed by atoms with Gasteiger partial charge >= 0.3 is 0 Å². The zero-order valence-electron chi connectivity index (χ0n) is 11.6. The van der Waals surface area contributed by atoms with E-state index in [9.17, 15) is 9.59 Å². The molecule has 0 aromatic carbocycles. The summed E-state index contributed by atoms with van der Waals surface area (Å²) in [6.07, 6.45) is 7.60. The summed E-state index contributed by atoms with van der Waals surface area (Å²) in [5.74, 6) is -1.23. The van der Waals surface area contributed by atoms with Gasteiger partial charge in [0.05, 0.1) is 0 Å². The summed E-state index contributed by atoms with van der Waals surface area (Å²) in [5.41, 5.74) is 1.13. The number of hydrogen-bond acceptors (Lipinski definition) is 4. The molecule has 19 heavy (non-hydrogen) atoms. The van der Waals surface area contributed by atoms with Crippen molar-refractivity contribution < 1.29 is 19.1 Å². The Morgan fingerprint density at radius 2 is 2.05 bits per heavy atom. The molecule has 0 unspecified atom stereocenters. The number of allylic oxidation sites excluding steroid dienone is 2. The first-order chi connectivity index (χ1) is 8.89. The first-order valence-electron chi connectivity index (χ1n) is 6.66. The lowest BCUT2D eigenvalue weighted by Gasteiger charge is -2.20. The van der Waals surface area contributed by atoms with Crippen LogP contribution in [-0.2, 0) is 19.1 Å². The van der Waals surface area contributed by atoms with Crippen molar-refractivity contribution in [3.05, 3.63) is 23.8 Å². The maximum atomic E-state index is 11.3. The van der Waals surface area contributed by atoms with Gasteiger partial charge in [0.25, 0.3) is 0 Å². The Labute approximate surface area is 113 Å². The molecule has 1 aliphatic heterocycles. The number of carbonyl (C=O) groups is 2. The second-order valence-corrected chi connectivity index (χ2v) is 5.48. The van der Waals surface area contributed by atoms with Crippen LogP contribution in [0.1, 0.15) is 40.0 Å². The summed E-state index contributed by atoms with van der Waals surface area (Å²) < 4.78 is 11.7. The minimum Gasteiger partial charge on any atom is -0.340 e. The van der Waals surface area contributed by atoms with Gasteiger partial charge in [0.15, 0.2) is 17.4 Å². The molecule has 0 radical (unpaired) electrons. The lowest BCUT2D eigenvalue weighted by atomic mass is 9.94. The Bertz CT molecular complexity index is 445. The van der Waals surface area contributed by atoms with E-state index < -0.39 is 5.79 Å². The standard InChI is InChI=1S/C15H20O4/c1-10(16)12(17)8-4-6-11-7-5-9-13-14(11)19-15(2,3)18-13/h5,7,9,13-14H,4,6,8H2,1-3H3/t13-,14+/m0/s1. The smallest absolute Gasteiger partial charge is 0.198 e. The lowest BCUT2D eigenvalue weighted by Crippen LogP contribution is -2.25. The molecule has 0 N–H and O–H groups in total. The first kappa shape index (κ1) is 14.2. The molecule has 2 atom stereocenters. The lowest BCUT2D eigenvalue weighted by molar-refractivity contribution is -0.139. The number of carbonyl (C=O) groups excluding carboxylic acids is 2. The molecule has 104 valence electrons. The summed E-state index contributed by atoms with van der Waals surface area (Å²) in [4.78, 5) is 22.1. The Hall–Kier alpha value is -1.26. The van der Waals surface area contributed by atoms with Gasteiger partial charge in [-0.25, -0.2) is 0 Å². The molecule has 0 amide bonds. The molecule has 4 heteroatoms. The fraction of sp³-hybridized carbons (Fsp3) is 0.600. The molecule has 4 nitrogen and oxygen atoms in total. The van der Waals surface area contributed by atoms with E-state index in [-0.39, 0.29) is 23.8 Å². The Morgan fingerprint density at radius 1 is 1.32 bits per heavy atom. The molecular weight excluding hydrogens is 244 g/mol. The summed E-state index contributed by atoms with van der Waals surface area (Å²) in [5, 5.41) is 0. The van der Waals surface area contributed by atoms with Crippen LogP contribution in [0.25, 0.3) is 0 Å². The molecule has 2 aliphatic rings. The first-order valence-corrected chi connectivity index (χ1v) is 6.66. The summed E-state index contributed by atoms with van der Waals surface area (Å²) in [6, 6.07) is 0. The van der Waals surface area contributed by atoms with Crippen molar-refractivity contribution >= 4 is 11.6 Å². The van der Waals surface area contributed by atoms with E-state index in [4.69, 9.17) is 9.47 Å². The summed E-state index contributed by atoms with van der Waals surface area (Å²) in [7, 11) is 0. The predicted molar refractivity (Wildman–Crippen MR) is 70.6 cm³/mol. The molecule has 1 aliphatic carbocycles. The van der Waals surface area contributed by atoms with E-state index in [1.807, 2.05) is 32.1 Å². The van der Waals surface area contributed by atoms with Crippen molar-refractivity contribution in [2.24, 2.45) is 0 Å². The van der Waals surface area contributed by atoms with E-state index in [1.165, 1.54) is 6.92 Å². The fourth-order valence-corrected chi connectivity index (χ4v) is 2.46. The SMILES string of the molecule is CC(=O)C(=O)CCCC1=CC=C[C@@H]2OC(C)(C)O[C@H]12. The molecule has 1 heterocycles. The van der Waals surface area contributed by atoms with E-state index >= 15 is 0 Å². The Morgan fingerprint density at radius 3 is 2.74 bits per heavy atom. The van der Waals surface area contributed by atoms with Gasteiger partial charge in [-0.3, -0.25) is 9.59 Å². The highest BCUT2D eigenvalue weighted by atomic mass is 16.7. The number of rotatable bonds is 5. The van der Waals surface area contributed by atoms with Crippen molar-refractivity contribution in [1.29, 1.82) is 0 Å². The third-order valence-electron chi connectivity index (χ3n) is 3.37. The second kappa shape index (κ2) is 5.39. The van der Waals surface area contributed by atoms with Gasteiger partial charge < -0.3 is 9.47 Å². The second-order valence-electron chi connectivity index (χ2n) is 5.48. The van der Waals surface area contributed by atoms with Gasteiger partial charge in [0.1, 0.15) is 12.2 Å². The van der Waals surface area contributed by atoms with Crippen LogP contribution in [0.3, 0.4) is 0 Å². The average Bonchev–Trinajstić information content (AvgIpc) is 2.63. The molecule has 0 aromatic heterocycles. The van der Waals surface area contributed by atoms with Gasteiger partial charge in [-0.15, -0.1) is 0 Å². The normalized spacial score (nSPS) is 27.8. The van der Waals surface area contributed by atoms with Crippen LogP contribution < -0.4 is 0 Å². The number of ketones is 2. The third-order valence-corrected chi connectivity index (χ3v) is 3.37. The van der Waals surface area contributed by atoms with Crippen LogP contribution in [0.5, 0.6) is 0 Å². The molecule has 0 saturated carbocycles. The van der Waals surface area contributed by atoms with Crippen molar-refractivity contribution in [2.75, 3.05) is 0 Å². The van der Waals surface area contributed by atoms with Crippen molar-refractivity contribution in [2.45, 2.75) is 58.0 Å². The van der Waals surface area contributed by atoms with Crippen LogP contribution in [0.2, 0.25) is 0 Å². The van der Waals surface area contributed by atoms with Gasteiger partial charge in [0, 0.05) is 13.3 Å². The predicted octanol–water partition coefficient (Wildman–Crippen LogP) is 2.33. The molecular formula is C15H20O4. The molecule has 2 rings (SSSR count). The minimum atomic E-state index is -0.571. The highest BCUT2D eigenvalue weighted by Crippen LogP contribution is 2.36. The third kappa shape index (κ3) is 3.39. The number of Topliss-reactive ketones (excluding diaryl/α,β-unsaturated/α-hetero) is 2. The van der Waals surface area contributed by atoms with Crippen LogP contribution >= 0.6 is 0 Å². The van der Waals surface area contributed by atoms with Crippen LogP contribution in [0, 0.1) is 0 Å². The quantitative estimate of drug-likeness (QED) is 0.715. The van der Waals surface area contributed by atoms with Crippen molar-refractivity contribution in [1.82, 2.24) is 0 Å². The molecule has 0 aromatic rings. The largest absolute Gasteiger partial charge is 0.340 e. The van der Waals surface area contributed by atoms with Gasteiger partial charge in [-0.2, -0.15) is 0 Å². The van der Waals surface area contributed by atoms with Gasteiger partial charge in [-0.1, -0.05) is 18.2 Å². The van der Waals surface area contributed by atoms with Crippen LogP contribution in [0.15, 0.2) is 23.8 Å². The average molecular weight is 264 g/mol. The van der Waals surface area contributed by atoms with E-state index in [2.05, 4.69) is 0 Å².